The van der Waals surface area contributed by atoms with Crippen molar-refractivity contribution in [3.05, 3.63) is 63.7 Å². The van der Waals surface area contributed by atoms with Crippen LogP contribution in [0.15, 0.2) is 35.9 Å². The third-order valence-electron chi connectivity index (χ3n) is 5.68. The number of halogens is 6. The van der Waals surface area contributed by atoms with Gasteiger partial charge in [0.05, 0.1) is 11.1 Å². The molecule has 0 atom stereocenters. The molecule has 0 saturated heterocycles. The van der Waals surface area contributed by atoms with E-state index in [2.05, 4.69) is 0 Å². The number of alkyl halides is 6. The van der Waals surface area contributed by atoms with Gasteiger partial charge in [-0.1, -0.05) is 65.3 Å². The van der Waals surface area contributed by atoms with E-state index in [-0.39, 0.29) is 17.0 Å². The van der Waals surface area contributed by atoms with Gasteiger partial charge in [-0.15, -0.1) is 0 Å². The summed E-state index contributed by atoms with van der Waals surface area (Å²) in [5.41, 5.74) is 0.585. The molecule has 0 spiro atoms. The first-order chi connectivity index (χ1) is 13.9. The van der Waals surface area contributed by atoms with E-state index in [9.17, 15) is 26.3 Å². The zero-order valence-electron chi connectivity index (χ0n) is 18.4. The summed E-state index contributed by atoms with van der Waals surface area (Å²) in [6.07, 6.45) is -7.21. The molecule has 0 bridgehead atoms. The van der Waals surface area contributed by atoms with Crippen LogP contribution in [0.5, 0.6) is 0 Å². The molecule has 0 radical (unpaired) electrons. The molecule has 3 rings (SSSR count). The minimum atomic E-state index is -4.89. The highest BCUT2D eigenvalue weighted by atomic mass is 19.4. The molecule has 0 saturated carbocycles. The van der Waals surface area contributed by atoms with Crippen LogP contribution in [0.4, 0.5) is 26.3 Å². The molecule has 0 amide bonds. The van der Waals surface area contributed by atoms with Crippen molar-refractivity contribution in [2.24, 2.45) is 5.41 Å². The quantitative estimate of drug-likeness (QED) is 0.389. The molecule has 0 N–H and O–H groups in total. The predicted molar refractivity (Wildman–Crippen MR) is 112 cm³/mol. The highest BCUT2D eigenvalue weighted by Gasteiger charge is 2.38. The summed E-state index contributed by atoms with van der Waals surface area (Å²) >= 11 is 0. The van der Waals surface area contributed by atoms with Gasteiger partial charge >= 0.3 is 12.4 Å². The van der Waals surface area contributed by atoms with E-state index in [1.54, 1.807) is 0 Å². The summed E-state index contributed by atoms with van der Waals surface area (Å²) in [5, 5.41) is 0. The maximum Gasteiger partial charge on any atom is 0.416 e. The van der Waals surface area contributed by atoms with Crippen LogP contribution in [-0.4, -0.2) is 0 Å². The topological polar surface area (TPSA) is 0 Å². The minimum absolute atomic E-state index is 0.0599. The maximum atomic E-state index is 13.5. The van der Waals surface area contributed by atoms with Crippen LogP contribution in [-0.2, 0) is 24.2 Å². The summed E-state index contributed by atoms with van der Waals surface area (Å²) in [4.78, 5) is 0. The SMILES string of the molecule is CC(C)(C)C1=Cc2c(ccc(C(C)(C)C)c2-c2cc(C(F)(F)F)cc(C(F)(F)F)c2)C1. The van der Waals surface area contributed by atoms with Gasteiger partial charge in [0.25, 0.3) is 0 Å². The van der Waals surface area contributed by atoms with Crippen LogP contribution in [0, 0.1) is 5.41 Å². The van der Waals surface area contributed by atoms with Crippen molar-refractivity contribution in [1.82, 2.24) is 0 Å². The molecule has 0 nitrogen and oxygen atoms in total. The third-order valence-corrected chi connectivity index (χ3v) is 5.68. The lowest BCUT2D eigenvalue weighted by Gasteiger charge is -2.26. The smallest absolute Gasteiger partial charge is 0.166 e. The molecule has 6 heteroatoms. The Hall–Kier alpha value is -2.24. The van der Waals surface area contributed by atoms with Gasteiger partial charge in [0.1, 0.15) is 0 Å². The summed E-state index contributed by atoms with van der Waals surface area (Å²) in [6.45, 7) is 11.8. The lowest BCUT2D eigenvalue weighted by Crippen LogP contribution is -2.15. The summed E-state index contributed by atoms with van der Waals surface area (Å²) in [6, 6.07) is 5.62. The molecule has 168 valence electrons. The van der Waals surface area contributed by atoms with Crippen LogP contribution in [0.25, 0.3) is 17.2 Å². The van der Waals surface area contributed by atoms with E-state index >= 15 is 0 Å². The third kappa shape index (κ3) is 4.68. The first kappa shape index (κ1) is 23.4. The molecule has 2 aromatic rings. The molecule has 0 aliphatic heterocycles. The van der Waals surface area contributed by atoms with Crippen molar-refractivity contribution in [1.29, 1.82) is 0 Å². The van der Waals surface area contributed by atoms with E-state index in [0.717, 1.165) is 23.3 Å². The van der Waals surface area contributed by atoms with Crippen molar-refractivity contribution in [2.75, 3.05) is 0 Å². The molecule has 0 heterocycles. The molecule has 1 aliphatic rings. The van der Waals surface area contributed by atoms with Crippen molar-refractivity contribution < 1.29 is 26.3 Å². The Kier molecular flexibility index (Phi) is 5.40. The van der Waals surface area contributed by atoms with Crippen LogP contribution >= 0.6 is 0 Å². The fourth-order valence-electron chi connectivity index (χ4n) is 3.93. The van der Waals surface area contributed by atoms with E-state index in [4.69, 9.17) is 0 Å². The Morgan fingerprint density at radius 3 is 1.61 bits per heavy atom. The van der Waals surface area contributed by atoms with E-state index < -0.39 is 28.9 Å². The van der Waals surface area contributed by atoms with Gasteiger partial charge in [0.2, 0.25) is 0 Å². The van der Waals surface area contributed by atoms with Gasteiger partial charge in [0, 0.05) is 0 Å². The second-order valence-corrected chi connectivity index (χ2v) is 10.2. The molecule has 0 unspecified atom stereocenters. The Morgan fingerprint density at radius 1 is 0.677 bits per heavy atom. The van der Waals surface area contributed by atoms with Crippen LogP contribution in [0.3, 0.4) is 0 Å². The van der Waals surface area contributed by atoms with Crippen molar-refractivity contribution >= 4 is 6.08 Å². The Labute approximate surface area is 179 Å². The summed E-state index contributed by atoms with van der Waals surface area (Å²) < 4.78 is 81.0. The number of allylic oxidation sites excluding steroid dienone is 1. The highest BCUT2D eigenvalue weighted by molar-refractivity contribution is 5.84. The number of benzene rings is 2. The number of hydrogen-bond donors (Lipinski definition) is 0. The molecule has 31 heavy (non-hydrogen) atoms. The normalized spacial score (nSPS) is 15.2. The largest absolute Gasteiger partial charge is 0.416 e. The average molecular weight is 440 g/mol. The van der Waals surface area contributed by atoms with Gasteiger partial charge in [-0.3, -0.25) is 0 Å². The lowest BCUT2D eigenvalue weighted by molar-refractivity contribution is -0.143. The minimum Gasteiger partial charge on any atom is -0.166 e. The number of fused-ring (bicyclic) bond motifs is 1. The first-order valence-electron chi connectivity index (χ1n) is 10.1. The predicted octanol–water partition coefficient (Wildman–Crippen LogP) is 8.67. The molecule has 1 aliphatic carbocycles. The van der Waals surface area contributed by atoms with E-state index in [1.165, 1.54) is 0 Å². The summed E-state index contributed by atoms with van der Waals surface area (Å²) in [5.74, 6) is 0. The fourth-order valence-corrected chi connectivity index (χ4v) is 3.93. The van der Waals surface area contributed by atoms with E-state index in [1.807, 2.05) is 59.8 Å². The summed E-state index contributed by atoms with van der Waals surface area (Å²) in [7, 11) is 0. The second-order valence-electron chi connectivity index (χ2n) is 10.2. The first-order valence-corrected chi connectivity index (χ1v) is 10.1. The maximum absolute atomic E-state index is 13.5. The molecular formula is C25H26F6. The Balaban J connectivity index is 2.40. The average Bonchev–Trinajstić information content (AvgIpc) is 3.02. The van der Waals surface area contributed by atoms with Gasteiger partial charge in [0.15, 0.2) is 0 Å². The molecule has 2 aromatic carbocycles. The molecular weight excluding hydrogens is 414 g/mol. The van der Waals surface area contributed by atoms with Gasteiger partial charge < -0.3 is 0 Å². The van der Waals surface area contributed by atoms with Crippen LogP contribution < -0.4 is 0 Å². The monoisotopic (exact) mass is 440 g/mol. The zero-order valence-corrected chi connectivity index (χ0v) is 18.4. The van der Waals surface area contributed by atoms with Crippen molar-refractivity contribution in [3.63, 3.8) is 0 Å². The van der Waals surface area contributed by atoms with E-state index in [0.29, 0.717) is 23.1 Å². The Bertz CT molecular complexity index is 1010. The second kappa shape index (κ2) is 7.14. The van der Waals surface area contributed by atoms with Gasteiger partial charge in [-0.2, -0.15) is 26.3 Å². The van der Waals surface area contributed by atoms with Crippen LogP contribution in [0.2, 0.25) is 0 Å². The number of hydrogen-bond acceptors (Lipinski definition) is 0. The van der Waals surface area contributed by atoms with Gasteiger partial charge in [-0.05, 0) is 63.3 Å². The molecule has 0 aromatic heterocycles. The van der Waals surface area contributed by atoms with Crippen LogP contribution in [0.1, 0.15) is 69.4 Å². The Morgan fingerprint density at radius 2 is 1.19 bits per heavy atom. The standard InChI is InChI=1S/C25H26F6/c1-22(2,3)16-9-14-7-8-20(23(4,5)6)21(19(14)13-16)15-10-17(24(26,27)28)12-18(11-15)25(29,30)31/h7-8,10-13H,9H2,1-6H3. The van der Waals surface area contributed by atoms with Crippen molar-refractivity contribution in [2.45, 2.75) is 65.7 Å². The van der Waals surface area contributed by atoms with Gasteiger partial charge in [-0.25, -0.2) is 0 Å². The lowest BCUT2D eigenvalue weighted by atomic mass is 9.78. The number of rotatable bonds is 1. The fraction of sp³-hybridized carbons (Fsp3) is 0.440. The van der Waals surface area contributed by atoms with Crippen molar-refractivity contribution in [3.8, 4) is 11.1 Å². The highest BCUT2D eigenvalue weighted by Crippen LogP contribution is 2.46. The zero-order chi connectivity index (χ0) is 23.6. The molecule has 0 fully saturated rings.